The van der Waals surface area contributed by atoms with Crippen LogP contribution in [0.15, 0.2) is 72.8 Å². The third-order valence-corrected chi connectivity index (χ3v) is 5.00. The second kappa shape index (κ2) is 11.2. The van der Waals surface area contributed by atoms with Crippen LogP contribution in [0.1, 0.15) is 55.5 Å². The Morgan fingerprint density at radius 2 is 1.30 bits per heavy atom. The summed E-state index contributed by atoms with van der Waals surface area (Å²) in [6, 6.07) is 23.3. The second-order valence-corrected chi connectivity index (χ2v) is 7.44. The van der Waals surface area contributed by atoms with Gasteiger partial charge >= 0.3 is 5.97 Å². The van der Waals surface area contributed by atoms with Crippen molar-refractivity contribution >= 4 is 5.97 Å². The van der Waals surface area contributed by atoms with E-state index in [2.05, 4.69) is 38.1 Å². The second-order valence-electron chi connectivity index (χ2n) is 7.44. The fourth-order valence-electron chi connectivity index (χ4n) is 3.26. The minimum Gasteiger partial charge on any atom is -0.494 e. The largest absolute Gasteiger partial charge is 0.494 e. The molecule has 0 aromatic heterocycles. The van der Waals surface area contributed by atoms with E-state index in [9.17, 15) is 4.79 Å². The molecule has 0 atom stereocenters. The van der Waals surface area contributed by atoms with Crippen LogP contribution in [-0.2, 0) is 6.42 Å². The van der Waals surface area contributed by atoms with E-state index in [1.165, 1.54) is 18.4 Å². The summed E-state index contributed by atoms with van der Waals surface area (Å²) < 4.78 is 11.2. The molecule has 3 heteroatoms. The molecule has 0 radical (unpaired) electrons. The lowest BCUT2D eigenvalue weighted by molar-refractivity contribution is 0.0734. The van der Waals surface area contributed by atoms with E-state index in [-0.39, 0.29) is 5.97 Å². The van der Waals surface area contributed by atoms with E-state index in [0.717, 1.165) is 36.1 Å². The zero-order chi connectivity index (χ0) is 21.2. The molecule has 0 aliphatic rings. The van der Waals surface area contributed by atoms with Crippen LogP contribution < -0.4 is 9.47 Å². The van der Waals surface area contributed by atoms with Crippen molar-refractivity contribution in [2.45, 2.75) is 46.0 Å². The highest BCUT2D eigenvalue weighted by molar-refractivity contribution is 5.91. The fourth-order valence-corrected chi connectivity index (χ4v) is 3.26. The average molecular weight is 403 g/mol. The zero-order valence-electron chi connectivity index (χ0n) is 17.9. The number of carbonyl (C=O) groups is 1. The van der Waals surface area contributed by atoms with Gasteiger partial charge in [-0.15, -0.1) is 0 Å². The van der Waals surface area contributed by atoms with E-state index in [1.807, 2.05) is 36.4 Å². The molecule has 0 saturated carbocycles. The molecule has 156 valence electrons. The van der Waals surface area contributed by atoms with Crippen LogP contribution >= 0.6 is 0 Å². The van der Waals surface area contributed by atoms with Crippen molar-refractivity contribution in [3.8, 4) is 22.6 Å². The van der Waals surface area contributed by atoms with Gasteiger partial charge in [0.1, 0.15) is 11.5 Å². The first-order valence-corrected chi connectivity index (χ1v) is 10.8. The molecule has 0 amide bonds. The van der Waals surface area contributed by atoms with Crippen LogP contribution in [0.25, 0.3) is 11.1 Å². The number of hydrogen-bond acceptors (Lipinski definition) is 3. The number of esters is 1. The minimum absolute atomic E-state index is 0.364. The molecule has 3 nitrogen and oxygen atoms in total. The monoisotopic (exact) mass is 402 g/mol. The van der Waals surface area contributed by atoms with Gasteiger partial charge in [0, 0.05) is 0 Å². The summed E-state index contributed by atoms with van der Waals surface area (Å²) >= 11 is 0. The maximum absolute atomic E-state index is 12.5. The Morgan fingerprint density at radius 1 is 0.700 bits per heavy atom. The van der Waals surface area contributed by atoms with Crippen molar-refractivity contribution < 1.29 is 14.3 Å². The summed E-state index contributed by atoms with van der Waals surface area (Å²) in [6.45, 7) is 5.06. The number of aryl methyl sites for hydroxylation is 1. The lowest BCUT2D eigenvalue weighted by Gasteiger charge is -2.08. The summed E-state index contributed by atoms with van der Waals surface area (Å²) in [5.41, 5.74) is 4.10. The van der Waals surface area contributed by atoms with Crippen LogP contribution in [0.3, 0.4) is 0 Å². The predicted octanol–water partition coefficient (Wildman–Crippen LogP) is 7.09. The molecule has 0 aliphatic carbocycles. The van der Waals surface area contributed by atoms with Gasteiger partial charge < -0.3 is 9.47 Å². The summed E-state index contributed by atoms with van der Waals surface area (Å²) in [5, 5.41) is 0. The molecule has 0 aliphatic heterocycles. The van der Waals surface area contributed by atoms with E-state index >= 15 is 0 Å². The molecular weight excluding hydrogens is 372 g/mol. The maximum atomic E-state index is 12.5. The Labute approximate surface area is 179 Å². The summed E-state index contributed by atoms with van der Waals surface area (Å²) in [4.78, 5) is 12.5. The standard InChI is InChI=1S/C27H30O3/c1-3-5-6-20-29-25-16-18-26(19-17-25)30-27(28)24-14-12-23(13-15-24)22-10-8-21(7-4-2)9-11-22/h8-19H,3-7,20H2,1-2H3. The minimum atomic E-state index is -0.364. The fraction of sp³-hybridized carbons (Fsp3) is 0.296. The van der Waals surface area contributed by atoms with Gasteiger partial charge in [0.15, 0.2) is 0 Å². The van der Waals surface area contributed by atoms with Gasteiger partial charge in [0.25, 0.3) is 0 Å². The molecule has 3 rings (SSSR count). The van der Waals surface area contributed by atoms with Crippen molar-refractivity contribution in [3.05, 3.63) is 83.9 Å². The van der Waals surface area contributed by atoms with E-state index in [1.54, 1.807) is 12.1 Å². The Morgan fingerprint density at radius 3 is 1.90 bits per heavy atom. The maximum Gasteiger partial charge on any atom is 0.343 e. The number of rotatable bonds is 10. The number of benzene rings is 3. The highest BCUT2D eigenvalue weighted by atomic mass is 16.5. The normalized spacial score (nSPS) is 10.6. The SMILES string of the molecule is CCCCCOc1ccc(OC(=O)c2ccc(-c3ccc(CCC)cc3)cc2)cc1. The van der Waals surface area contributed by atoms with E-state index in [4.69, 9.17) is 9.47 Å². The average Bonchev–Trinajstić information content (AvgIpc) is 2.79. The molecule has 3 aromatic carbocycles. The summed E-state index contributed by atoms with van der Waals surface area (Å²) in [5.74, 6) is 0.938. The number of carbonyl (C=O) groups excluding carboxylic acids is 1. The smallest absolute Gasteiger partial charge is 0.343 e. The van der Waals surface area contributed by atoms with Crippen molar-refractivity contribution in [2.75, 3.05) is 6.61 Å². The Balaban J connectivity index is 1.56. The highest BCUT2D eigenvalue weighted by Gasteiger charge is 2.09. The molecular formula is C27H30O3. The van der Waals surface area contributed by atoms with Gasteiger partial charge in [-0.3, -0.25) is 0 Å². The van der Waals surface area contributed by atoms with Crippen LogP contribution in [0.4, 0.5) is 0 Å². The Hall–Kier alpha value is -3.07. The number of ether oxygens (including phenoxy) is 2. The van der Waals surface area contributed by atoms with Gasteiger partial charge in [-0.2, -0.15) is 0 Å². The van der Waals surface area contributed by atoms with Crippen molar-refractivity contribution in [1.82, 2.24) is 0 Å². The molecule has 0 fully saturated rings. The van der Waals surface area contributed by atoms with Crippen LogP contribution in [0.5, 0.6) is 11.5 Å². The van der Waals surface area contributed by atoms with Crippen molar-refractivity contribution in [2.24, 2.45) is 0 Å². The zero-order valence-corrected chi connectivity index (χ0v) is 17.9. The molecule has 0 unspecified atom stereocenters. The topological polar surface area (TPSA) is 35.5 Å². The first-order chi connectivity index (χ1) is 14.7. The van der Waals surface area contributed by atoms with Crippen LogP contribution in [0.2, 0.25) is 0 Å². The first-order valence-electron chi connectivity index (χ1n) is 10.8. The van der Waals surface area contributed by atoms with Gasteiger partial charge in [-0.25, -0.2) is 4.79 Å². The third kappa shape index (κ3) is 6.21. The van der Waals surface area contributed by atoms with Crippen LogP contribution in [0, 0.1) is 0 Å². The van der Waals surface area contributed by atoms with E-state index in [0.29, 0.717) is 17.9 Å². The molecule has 0 spiro atoms. The van der Waals surface area contributed by atoms with Crippen molar-refractivity contribution in [1.29, 1.82) is 0 Å². The summed E-state index contributed by atoms with van der Waals surface area (Å²) in [7, 11) is 0. The van der Waals surface area contributed by atoms with Gasteiger partial charge in [-0.05, 0) is 65.9 Å². The quantitative estimate of drug-likeness (QED) is 0.206. The molecule has 0 N–H and O–H groups in total. The Bertz CT molecular complexity index is 910. The van der Waals surface area contributed by atoms with Gasteiger partial charge in [0.05, 0.1) is 12.2 Å². The first kappa shape index (κ1) is 21.6. The van der Waals surface area contributed by atoms with Gasteiger partial charge in [0.2, 0.25) is 0 Å². The molecule has 0 bridgehead atoms. The van der Waals surface area contributed by atoms with Gasteiger partial charge in [-0.1, -0.05) is 69.5 Å². The van der Waals surface area contributed by atoms with Crippen LogP contribution in [-0.4, -0.2) is 12.6 Å². The Kier molecular flexibility index (Phi) is 8.08. The highest BCUT2D eigenvalue weighted by Crippen LogP contribution is 2.22. The lowest BCUT2D eigenvalue weighted by Crippen LogP contribution is -2.08. The lowest BCUT2D eigenvalue weighted by atomic mass is 10.0. The molecule has 0 heterocycles. The third-order valence-electron chi connectivity index (χ3n) is 5.00. The van der Waals surface area contributed by atoms with E-state index < -0.39 is 0 Å². The summed E-state index contributed by atoms with van der Waals surface area (Å²) in [6.07, 6.45) is 5.62. The van der Waals surface area contributed by atoms with Crippen molar-refractivity contribution in [3.63, 3.8) is 0 Å². The predicted molar refractivity (Wildman–Crippen MR) is 122 cm³/mol. The molecule has 30 heavy (non-hydrogen) atoms. The molecule has 0 saturated heterocycles. The molecule has 3 aromatic rings. The number of unbranched alkanes of at least 4 members (excludes halogenated alkanes) is 2. The number of hydrogen-bond donors (Lipinski definition) is 0.